The van der Waals surface area contributed by atoms with Crippen molar-refractivity contribution in [3.8, 4) is 0 Å². The van der Waals surface area contributed by atoms with E-state index in [4.69, 9.17) is 0 Å². The summed E-state index contributed by atoms with van der Waals surface area (Å²) in [6.07, 6.45) is -3.02. The van der Waals surface area contributed by atoms with Gasteiger partial charge in [0.25, 0.3) is 5.91 Å². The van der Waals surface area contributed by atoms with Gasteiger partial charge in [0, 0.05) is 18.8 Å². The molecule has 0 radical (unpaired) electrons. The van der Waals surface area contributed by atoms with E-state index in [1.54, 1.807) is 6.92 Å². The van der Waals surface area contributed by atoms with E-state index in [0.29, 0.717) is 25.9 Å². The molecule has 0 atom stereocenters. The Morgan fingerprint density at radius 1 is 1.29 bits per heavy atom. The van der Waals surface area contributed by atoms with E-state index in [9.17, 15) is 22.8 Å². The van der Waals surface area contributed by atoms with Gasteiger partial charge in [0.05, 0.1) is 0 Å². The first-order valence-electron chi connectivity index (χ1n) is 7.58. The molecule has 2 aliphatic rings. The van der Waals surface area contributed by atoms with Gasteiger partial charge in [-0.05, 0) is 32.9 Å². The zero-order chi connectivity index (χ0) is 17.5. The zero-order valence-electron chi connectivity index (χ0n) is 12.9. The summed E-state index contributed by atoms with van der Waals surface area (Å²) < 4.78 is 38.4. The summed E-state index contributed by atoms with van der Waals surface area (Å²) in [7, 11) is 0. The van der Waals surface area contributed by atoms with Gasteiger partial charge in [-0.3, -0.25) is 4.79 Å². The number of rotatable bonds is 2. The van der Waals surface area contributed by atoms with E-state index >= 15 is 0 Å². The lowest BCUT2D eigenvalue weighted by Crippen LogP contribution is -2.55. The summed E-state index contributed by atoms with van der Waals surface area (Å²) in [5, 5.41) is 3.12. The largest absolute Gasteiger partial charge is 0.451 e. The Hall–Kier alpha value is -2.23. The number of urea groups is 1. The maximum absolute atomic E-state index is 12.9. The number of halogens is 3. The van der Waals surface area contributed by atoms with Crippen molar-refractivity contribution in [2.75, 3.05) is 24.5 Å². The molecule has 3 amide bonds. The van der Waals surface area contributed by atoms with Gasteiger partial charge in [-0.2, -0.15) is 13.2 Å². The first-order chi connectivity index (χ1) is 11.3. The Balaban J connectivity index is 2.03. The van der Waals surface area contributed by atoms with E-state index in [2.05, 4.69) is 15.3 Å². The molecule has 0 unspecified atom stereocenters. The Morgan fingerprint density at radius 3 is 2.54 bits per heavy atom. The van der Waals surface area contributed by atoms with Crippen molar-refractivity contribution in [3.05, 3.63) is 18.1 Å². The topological polar surface area (TPSA) is 78.4 Å². The molecule has 0 aliphatic carbocycles. The Labute approximate surface area is 135 Å². The quantitative estimate of drug-likeness (QED) is 0.822. The Bertz CT molecular complexity index is 673. The fourth-order valence-corrected chi connectivity index (χ4v) is 3.29. The molecule has 2 saturated heterocycles. The van der Waals surface area contributed by atoms with Gasteiger partial charge in [0.1, 0.15) is 11.4 Å². The molecule has 7 nitrogen and oxygen atoms in total. The number of carbonyl (C=O) groups is 2. The lowest BCUT2D eigenvalue weighted by Gasteiger charge is -2.37. The molecule has 1 spiro atoms. The average Bonchev–Trinajstić information content (AvgIpc) is 2.74. The van der Waals surface area contributed by atoms with Crippen LogP contribution in [0.1, 0.15) is 25.6 Å². The molecule has 2 aliphatic heterocycles. The predicted molar refractivity (Wildman–Crippen MR) is 77.1 cm³/mol. The van der Waals surface area contributed by atoms with Gasteiger partial charge in [-0.15, -0.1) is 0 Å². The molecule has 0 bridgehead atoms. The molecule has 24 heavy (non-hydrogen) atoms. The smallest absolute Gasteiger partial charge is 0.317 e. The molecule has 10 heteroatoms. The normalized spacial score (nSPS) is 21.0. The van der Waals surface area contributed by atoms with Crippen LogP contribution in [-0.2, 0) is 11.0 Å². The van der Waals surface area contributed by atoms with E-state index in [1.807, 2.05) is 0 Å². The highest BCUT2D eigenvalue weighted by Gasteiger charge is 2.57. The zero-order valence-corrected chi connectivity index (χ0v) is 12.9. The summed E-state index contributed by atoms with van der Waals surface area (Å²) in [6.45, 7) is 3.14. The fraction of sp³-hybridized carbons (Fsp3) is 0.571. The third-order valence-corrected chi connectivity index (χ3v) is 4.41. The SMILES string of the molecule is CCN1C(=O)N(c2ccnc(C(F)(F)F)n2)C(=O)C12CCNCC2. The second kappa shape index (κ2) is 5.69. The van der Waals surface area contributed by atoms with Crippen molar-refractivity contribution in [1.82, 2.24) is 20.2 Å². The lowest BCUT2D eigenvalue weighted by atomic mass is 9.87. The van der Waals surface area contributed by atoms with Crippen molar-refractivity contribution >= 4 is 17.8 Å². The number of nitrogens with zero attached hydrogens (tertiary/aromatic N) is 4. The summed E-state index contributed by atoms with van der Waals surface area (Å²) in [5.41, 5.74) is -1.01. The molecular formula is C14H16F3N5O2. The molecule has 2 fully saturated rings. The molecule has 130 valence electrons. The van der Waals surface area contributed by atoms with Crippen LogP contribution in [0.25, 0.3) is 0 Å². The molecular weight excluding hydrogens is 327 g/mol. The van der Waals surface area contributed by atoms with Crippen molar-refractivity contribution in [2.45, 2.75) is 31.5 Å². The van der Waals surface area contributed by atoms with E-state index in [1.165, 1.54) is 4.90 Å². The average molecular weight is 343 g/mol. The predicted octanol–water partition coefficient (Wildman–Crippen LogP) is 1.41. The number of nitrogens with one attached hydrogen (secondary N) is 1. The van der Waals surface area contributed by atoms with Crippen LogP contribution < -0.4 is 10.2 Å². The highest BCUT2D eigenvalue weighted by atomic mass is 19.4. The van der Waals surface area contributed by atoms with E-state index in [-0.39, 0.29) is 12.4 Å². The minimum atomic E-state index is -4.75. The maximum Gasteiger partial charge on any atom is 0.451 e. The molecule has 1 aromatic rings. The van der Waals surface area contributed by atoms with E-state index in [0.717, 1.165) is 17.2 Å². The number of hydrogen-bond acceptors (Lipinski definition) is 5. The molecule has 3 rings (SSSR count). The standard InChI is InChI=1S/C14H16F3N5O2/c1-2-21-12(24)22(11(23)13(21)4-7-18-8-5-13)9-3-6-19-10(20-9)14(15,16)17/h3,6,18H,2,4-5,7-8H2,1H3. The van der Waals surface area contributed by atoms with Crippen LogP contribution in [0.4, 0.5) is 23.8 Å². The van der Waals surface area contributed by atoms with Crippen molar-refractivity contribution in [1.29, 1.82) is 0 Å². The number of aromatic nitrogens is 2. The van der Waals surface area contributed by atoms with Crippen molar-refractivity contribution < 1.29 is 22.8 Å². The van der Waals surface area contributed by atoms with Gasteiger partial charge in [-0.25, -0.2) is 19.7 Å². The van der Waals surface area contributed by atoms with Gasteiger partial charge in [0.15, 0.2) is 0 Å². The number of alkyl halides is 3. The van der Waals surface area contributed by atoms with Crippen molar-refractivity contribution in [3.63, 3.8) is 0 Å². The first kappa shape index (κ1) is 16.6. The lowest BCUT2D eigenvalue weighted by molar-refractivity contribution is -0.145. The summed E-state index contributed by atoms with van der Waals surface area (Å²) in [5.74, 6) is -2.25. The Morgan fingerprint density at radius 2 is 1.96 bits per heavy atom. The fourth-order valence-electron chi connectivity index (χ4n) is 3.29. The molecule has 1 N–H and O–H groups in total. The number of hydrogen-bond donors (Lipinski definition) is 1. The highest BCUT2D eigenvalue weighted by Crippen LogP contribution is 2.37. The van der Waals surface area contributed by atoms with Gasteiger partial charge in [-0.1, -0.05) is 0 Å². The van der Waals surface area contributed by atoms with Crippen LogP contribution in [0.2, 0.25) is 0 Å². The number of piperidine rings is 1. The summed E-state index contributed by atoms with van der Waals surface area (Å²) in [4.78, 5) is 34.3. The van der Waals surface area contributed by atoms with Crippen LogP contribution in [0.3, 0.4) is 0 Å². The van der Waals surface area contributed by atoms with Gasteiger partial charge in [0.2, 0.25) is 5.82 Å². The van der Waals surface area contributed by atoms with Gasteiger partial charge >= 0.3 is 12.2 Å². The molecule has 1 aromatic heterocycles. The van der Waals surface area contributed by atoms with Crippen LogP contribution >= 0.6 is 0 Å². The highest BCUT2D eigenvalue weighted by molar-refractivity contribution is 6.22. The first-order valence-corrected chi connectivity index (χ1v) is 7.58. The van der Waals surface area contributed by atoms with Crippen molar-refractivity contribution in [2.24, 2.45) is 0 Å². The third-order valence-electron chi connectivity index (χ3n) is 4.41. The second-order valence-corrected chi connectivity index (χ2v) is 5.69. The minimum absolute atomic E-state index is 0.290. The molecule has 0 saturated carbocycles. The van der Waals surface area contributed by atoms with Crippen LogP contribution in [0.5, 0.6) is 0 Å². The van der Waals surface area contributed by atoms with E-state index < -0.39 is 29.5 Å². The minimum Gasteiger partial charge on any atom is -0.317 e. The number of imide groups is 1. The summed E-state index contributed by atoms with van der Waals surface area (Å²) in [6, 6.07) is 0.495. The third kappa shape index (κ3) is 2.41. The number of anilines is 1. The molecule has 3 heterocycles. The second-order valence-electron chi connectivity index (χ2n) is 5.69. The van der Waals surface area contributed by atoms with Crippen LogP contribution in [0, 0.1) is 0 Å². The Kier molecular flexibility index (Phi) is 3.94. The summed E-state index contributed by atoms with van der Waals surface area (Å²) >= 11 is 0. The maximum atomic E-state index is 12.9. The van der Waals surface area contributed by atoms with Crippen LogP contribution in [0.15, 0.2) is 12.3 Å². The van der Waals surface area contributed by atoms with Gasteiger partial charge < -0.3 is 10.2 Å². The number of likely N-dealkylation sites (N-methyl/N-ethyl adjacent to an activating group) is 1. The molecule has 0 aromatic carbocycles. The number of carbonyl (C=O) groups excluding carboxylic acids is 2. The monoisotopic (exact) mass is 343 g/mol. The number of amides is 3. The van der Waals surface area contributed by atoms with Crippen LogP contribution in [-0.4, -0.2) is 52.0 Å².